The SMILES string of the molecule is Cn1cc(CCNCC(C)(C)C#N)c2ccccc21. The zero-order chi connectivity index (χ0) is 13.9. The quantitative estimate of drug-likeness (QED) is 0.835. The smallest absolute Gasteiger partial charge is 0.0697 e. The summed E-state index contributed by atoms with van der Waals surface area (Å²) in [6.45, 7) is 5.54. The van der Waals surface area contributed by atoms with Gasteiger partial charge in [0.2, 0.25) is 0 Å². The molecule has 19 heavy (non-hydrogen) atoms. The average molecular weight is 255 g/mol. The molecule has 0 saturated carbocycles. The van der Waals surface area contributed by atoms with Crippen molar-refractivity contribution >= 4 is 10.9 Å². The second-order valence-corrected chi connectivity index (χ2v) is 5.70. The zero-order valence-electron chi connectivity index (χ0n) is 11.9. The monoisotopic (exact) mass is 255 g/mol. The van der Waals surface area contributed by atoms with E-state index in [1.54, 1.807) is 0 Å². The lowest BCUT2D eigenvalue weighted by molar-refractivity contribution is 0.448. The third-order valence-electron chi connectivity index (χ3n) is 3.42. The number of aromatic nitrogens is 1. The molecule has 0 aliphatic rings. The summed E-state index contributed by atoms with van der Waals surface area (Å²) >= 11 is 0. The number of fused-ring (bicyclic) bond motifs is 1. The summed E-state index contributed by atoms with van der Waals surface area (Å²) in [5.74, 6) is 0. The molecule has 100 valence electrons. The van der Waals surface area contributed by atoms with E-state index in [1.807, 2.05) is 13.8 Å². The molecule has 2 aromatic rings. The van der Waals surface area contributed by atoms with Crippen molar-refractivity contribution in [2.75, 3.05) is 13.1 Å². The van der Waals surface area contributed by atoms with Crippen LogP contribution in [0.25, 0.3) is 10.9 Å². The molecule has 0 aliphatic carbocycles. The molecule has 0 saturated heterocycles. The van der Waals surface area contributed by atoms with Crippen molar-refractivity contribution in [1.82, 2.24) is 9.88 Å². The summed E-state index contributed by atoms with van der Waals surface area (Å²) in [6.07, 6.45) is 3.19. The van der Waals surface area contributed by atoms with Gasteiger partial charge in [-0.25, -0.2) is 0 Å². The first-order valence-corrected chi connectivity index (χ1v) is 6.68. The normalized spacial score (nSPS) is 11.7. The molecular weight excluding hydrogens is 234 g/mol. The molecule has 0 amide bonds. The Morgan fingerprint density at radius 3 is 2.79 bits per heavy atom. The molecule has 1 aromatic heterocycles. The van der Waals surface area contributed by atoms with E-state index >= 15 is 0 Å². The van der Waals surface area contributed by atoms with Gasteiger partial charge in [0.1, 0.15) is 0 Å². The fourth-order valence-electron chi connectivity index (χ4n) is 2.29. The van der Waals surface area contributed by atoms with Gasteiger partial charge in [-0.15, -0.1) is 0 Å². The summed E-state index contributed by atoms with van der Waals surface area (Å²) < 4.78 is 2.17. The average Bonchev–Trinajstić information content (AvgIpc) is 2.72. The predicted molar refractivity (Wildman–Crippen MR) is 78.9 cm³/mol. The summed E-state index contributed by atoms with van der Waals surface area (Å²) in [6, 6.07) is 10.8. The van der Waals surface area contributed by atoms with Gasteiger partial charge in [-0.2, -0.15) is 5.26 Å². The van der Waals surface area contributed by atoms with Crippen LogP contribution in [0.15, 0.2) is 30.5 Å². The van der Waals surface area contributed by atoms with Crippen LogP contribution in [-0.2, 0) is 13.5 Å². The highest BCUT2D eigenvalue weighted by molar-refractivity contribution is 5.83. The number of hydrogen-bond acceptors (Lipinski definition) is 2. The first kappa shape index (κ1) is 13.6. The van der Waals surface area contributed by atoms with Crippen LogP contribution in [0.4, 0.5) is 0 Å². The van der Waals surface area contributed by atoms with Crippen LogP contribution in [0.1, 0.15) is 19.4 Å². The number of nitriles is 1. The predicted octanol–water partition coefficient (Wildman–Crippen LogP) is 2.86. The van der Waals surface area contributed by atoms with Crippen LogP contribution in [0.5, 0.6) is 0 Å². The van der Waals surface area contributed by atoms with Crippen LogP contribution in [0, 0.1) is 16.7 Å². The number of hydrogen-bond donors (Lipinski definition) is 1. The van der Waals surface area contributed by atoms with E-state index in [9.17, 15) is 0 Å². The van der Waals surface area contributed by atoms with Crippen molar-refractivity contribution in [3.63, 3.8) is 0 Å². The standard InChI is InChI=1S/C16H21N3/c1-16(2,11-17)12-18-9-8-13-10-19(3)15-7-5-4-6-14(13)15/h4-7,10,18H,8-9,12H2,1-3H3. The maximum absolute atomic E-state index is 8.96. The Labute approximate surface area is 114 Å². The molecule has 2 rings (SSSR count). The van der Waals surface area contributed by atoms with E-state index in [0.717, 1.165) is 19.5 Å². The molecule has 0 bridgehead atoms. The van der Waals surface area contributed by atoms with Gasteiger partial charge in [-0.05, 0) is 38.4 Å². The highest BCUT2D eigenvalue weighted by atomic mass is 14.9. The molecule has 0 fully saturated rings. The molecule has 0 unspecified atom stereocenters. The third-order valence-corrected chi connectivity index (χ3v) is 3.42. The summed E-state index contributed by atoms with van der Waals surface area (Å²) in [5, 5.41) is 13.7. The van der Waals surface area contributed by atoms with E-state index in [0.29, 0.717) is 0 Å². The molecule has 0 aliphatic heterocycles. The number of aryl methyl sites for hydroxylation is 1. The zero-order valence-corrected chi connectivity index (χ0v) is 11.9. The van der Waals surface area contributed by atoms with Gasteiger partial charge < -0.3 is 9.88 Å². The molecule has 1 N–H and O–H groups in total. The minimum Gasteiger partial charge on any atom is -0.350 e. The lowest BCUT2D eigenvalue weighted by Crippen LogP contribution is -2.29. The van der Waals surface area contributed by atoms with Crippen molar-refractivity contribution in [1.29, 1.82) is 5.26 Å². The number of benzene rings is 1. The summed E-state index contributed by atoms with van der Waals surface area (Å²) in [4.78, 5) is 0. The van der Waals surface area contributed by atoms with Gasteiger partial charge in [0.25, 0.3) is 0 Å². The molecule has 1 aromatic carbocycles. The Kier molecular flexibility index (Phi) is 3.92. The molecule has 0 radical (unpaired) electrons. The van der Waals surface area contributed by atoms with E-state index in [-0.39, 0.29) is 5.41 Å². The molecular formula is C16H21N3. The number of rotatable bonds is 5. The van der Waals surface area contributed by atoms with Crippen molar-refractivity contribution < 1.29 is 0 Å². The second-order valence-electron chi connectivity index (χ2n) is 5.70. The first-order valence-electron chi connectivity index (χ1n) is 6.68. The molecule has 3 heteroatoms. The Morgan fingerprint density at radius 1 is 1.32 bits per heavy atom. The highest BCUT2D eigenvalue weighted by Gasteiger charge is 2.15. The lowest BCUT2D eigenvalue weighted by Gasteiger charge is -2.15. The fourth-order valence-corrected chi connectivity index (χ4v) is 2.29. The lowest BCUT2D eigenvalue weighted by atomic mass is 9.96. The number of nitrogens with zero attached hydrogens (tertiary/aromatic N) is 2. The Morgan fingerprint density at radius 2 is 2.05 bits per heavy atom. The number of para-hydroxylation sites is 1. The van der Waals surface area contributed by atoms with Crippen LogP contribution in [-0.4, -0.2) is 17.7 Å². The molecule has 0 atom stereocenters. The van der Waals surface area contributed by atoms with Gasteiger partial charge in [-0.1, -0.05) is 18.2 Å². The van der Waals surface area contributed by atoms with E-state index in [2.05, 4.69) is 53.5 Å². The van der Waals surface area contributed by atoms with Crippen molar-refractivity contribution in [3.8, 4) is 6.07 Å². The summed E-state index contributed by atoms with van der Waals surface area (Å²) in [7, 11) is 2.08. The topological polar surface area (TPSA) is 40.8 Å². The largest absolute Gasteiger partial charge is 0.350 e. The Hall–Kier alpha value is -1.79. The van der Waals surface area contributed by atoms with Crippen molar-refractivity contribution in [2.45, 2.75) is 20.3 Å². The van der Waals surface area contributed by atoms with Crippen molar-refractivity contribution in [2.24, 2.45) is 12.5 Å². The Bertz CT molecular complexity index is 602. The van der Waals surface area contributed by atoms with Crippen molar-refractivity contribution in [3.05, 3.63) is 36.0 Å². The highest BCUT2D eigenvalue weighted by Crippen LogP contribution is 2.20. The fraction of sp³-hybridized carbons (Fsp3) is 0.438. The molecule has 3 nitrogen and oxygen atoms in total. The molecule has 1 heterocycles. The first-order chi connectivity index (χ1) is 9.03. The molecule has 0 spiro atoms. The van der Waals surface area contributed by atoms with Crippen LogP contribution < -0.4 is 5.32 Å². The van der Waals surface area contributed by atoms with Gasteiger partial charge >= 0.3 is 0 Å². The van der Waals surface area contributed by atoms with Crippen LogP contribution in [0.2, 0.25) is 0 Å². The van der Waals surface area contributed by atoms with E-state index in [4.69, 9.17) is 5.26 Å². The minimum atomic E-state index is -0.293. The van der Waals surface area contributed by atoms with Gasteiger partial charge in [0.15, 0.2) is 0 Å². The van der Waals surface area contributed by atoms with Gasteiger partial charge in [-0.3, -0.25) is 0 Å². The van der Waals surface area contributed by atoms with E-state index in [1.165, 1.54) is 16.5 Å². The second kappa shape index (κ2) is 5.46. The van der Waals surface area contributed by atoms with Gasteiger partial charge in [0, 0.05) is 30.7 Å². The van der Waals surface area contributed by atoms with Crippen LogP contribution in [0.3, 0.4) is 0 Å². The summed E-state index contributed by atoms with van der Waals surface area (Å²) in [5.41, 5.74) is 2.34. The van der Waals surface area contributed by atoms with Gasteiger partial charge in [0.05, 0.1) is 11.5 Å². The maximum Gasteiger partial charge on any atom is 0.0697 e. The maximum atomic E-state index is 8.96. The third kappa shape index (κ3) is 3.15. The number of nitrogens with one attached hydrogen (secondary N) is 1. The van der Waals surface area contributed by atoms with E-state index < -0.39 is 0 Å². The Balaban J connectivity index is 1.98. The van der Waals surface area contributed by atoms with Crippen LogP contribution >= 0.6 is 0 Å². The minimum absolute atomic E-state index is 0.293.